The molecule has 2 nitrogen and oxygen atoms in total. The van der Waals surface area contributed by atoms with Crippen molar-refractivity contribution in [1.29, 1.82) is 0 Å². The highest BCUT2D eigenvalue weighted by atomic mass is 15.0. The predicted molar refractivity (Wildman–Crippen MR) is 202 cm³/mol. The number of benzene rings is 7. The van der Waals surface area contributed by atoms with Crippen molar-refractivity contribution in [2.45, 2.75) is 13.8 Å². The zero-order valence-electron chi connectivity index (χ0n) is 26.4. The molecule has 0 radical (unpaired) electrons. The van der Waals surface area contributed by atoms with E-state index in [-0.39, 0.29) is 0 Å². The number of hydrogen-bond donors (Lipinski definition) is 0. The van der Waals surface area contributed by atoms with Crippen molar-refractivity contribution in [3.05, 3.63) is 163 Å². The number of fused-ring (bicyclic) bond motifs is 10. The van der Waals surface area contributed by atoms with Crippen LogP contribution in [-0.2, 0) is 0 Å². The molecule has 9 rings (SSSR count). The summed E-state index contributed by atoms with van der Waals surface area (Å²) in [6, 6.07) is 51.0. The number of imidazole rings is 1. The molecule has 222 valence electrons. The van der Waals surface area contributed by atoms with Crippen molar-refractivity contribution >= 4 is 65.5 Å². The van der Waals surface area contributed by atoms with Gasteiger partial charge in [-0.2, -0.15) is 0 Å². The fraction of sp³-hybridized carbons (Fsp3) is 0.0444. The normalized spacial score (nSPS) is 12.5. The van der Waals surface area contributed by atoms with Gasteiger partial charge in [-0.15, -0.1) is 0 Å². The minimum Gasteiger partial charge on any atom is -0.292 e. The van der Waals surface area contributed by atoms with E-state index in [1.54, 1.807) is 0 Å². The monoisotopic (exact) mass is 600 g/mol. The van der Waals surface area contributed by atoms with Crippen LogP contribution in [0.5, 0.6) is 0 Å². The van der Waals surface area contributed by atoms with Crippen LogP contribution in [0.3, 0.4) is 0 Å². The van der Waals surface area contributed by atoms with Crippen LogP contribution in [0.4, 0.5) is 0 Å². The second-order valence-corrected chi connectivity index (χ2v) is 12.3. The van der Waals surface area contributed by atoms with Gasteiger partial charge in [0.25, 0.3) is 0 Å². The van der Waals surface area contributed by atoms with Gasteiger partial charge in [-0.1, -0.05) is 133 Å². The maximum atomic E-state index is 5.08. The lowest BCUT2D eigenvalue weighted by Crippen LogP contribution is -1.94. The maximum absolute atomic E-state index is 5.08. The first-order chi connectivity index (χ1) is 23.2. The third-order valence-corrected chi connectivity index (χ3v) is 9.64. The molecule has 0 aliphatic heterocycles. The molecule has 2 aromatic heterocycles. The van der Waals surface area contributed by atoms with Gasteiger partial charge in [-0.05, 0) is 98.4 Å². The first-order valence-corrected chi connectivity index (χ1v) is 16.3. The van der Waals surface area contributed by atoms with E-state index in [1.165, 1.54) is 71.2 Å². The van der Waals surface area contributed by atoms with Crippen LogP contribution < -0.4 is 0 Å². The second kappa shape index (κ2) is 10.8. The van der Waals surface area contributed by atoms with Crippen molar-refractivity contribution in [1.82, 2.24) is 9.38 Å². The standard InChI is InChI=1S/C45H32N2/c1-3-4-13-29(2)30-22-24-31(25-23-30)43-34-15-6-8-17-36(34)44(37-18-9-7-16-35(37)43)32-26-27-41-39(28-32)33-14-5-10-19-38(33)45-46-40-20-11-12-21-42(40)47(41)45/h3-28H,1-2H3/b4-3-,29-13+. The molecule has 0 fully saturated rings. The highest BCUT2D eigenvalue weighted by Gasteiger charge is 2.19. The highest BCUT2D eigenvalue weighted by molar-refractivity contribution is 6.22. The van der Waals surface area contributed by atoms with Gasteiger partial charge in [0, 0.05) is 10.8 Å². The van der Waals surface area contributed by atoms with E-state index < -0.39 is 0 Å². The summed E-state index contributed by atoms with van der Waals surface area (Å²) in [5.41, 5.74) is 11.8. The average molecular weight is 601 g/mol. The molecule has 7 aromatic carbocycles. The fourth-order valence-corrected chi connectivity index (χ4v) is 7.45. The highest BCUT2D eigenvalue weighted by Crippen LogP contribution is 2.45. The van der Waals surface area contributed by atoms with Gasteiger partial charge in [0.15, 0.2) is 0 Å². The van der Waals surface area contributed by atoms with Crippen molar-refractivity contribution < 1.29 is 0 Å². The Bertz CT molecular complexity index is 2680. The molecule has 0 bridgehead atoms. The summed E-state index contributed by atoms with van der Waals surface area (Å²) in [5.74, 6) is 0. The van der Waals surface area contributed by atoms with E-state index in [0.29, 0.717) is 0 Å². The molecule has 0 aliphatic rings. The molecule has 0 atom stereocenters. The summed E-state index contributed by atoms with van der Waals surface area (Å²) in [6.07, 6.45) is 6.33. The van der Waals surface area contributed by atoms with Crippen LogP contribution in [0.15, 0.2) is 158 Å². The Morgan fingerprint density at radius 3 is 1.74 bits per heavy atom. The predicted octanol–water partition coefficient (Wildman–Crippen LogP) is 12.4. The van der Waals surface area contributed by atoms with Gasteiger partial charge < -0.3 is 0 Å². The number of aromatic nitrogens is 2. The summed E-state index contributed by atoms with van der Waals surface area (Å²) >= 11 is 0. The van der Waals surface area contributed by atoms with Crippen molar-refractivity contribution in [3.8, 4) is 22.3 Å². The quantitative estimate of drug-likeness (QED) is 0.112. The molecule has 0 saturated heterocycles. The summed E-state index contributed by atoms with van der Waals surface area (Å²) in [5, 5.41) is 8.64. The van der Waals surface area contributed by atoms with E-state index in [4.69, 9.17) is 4.98 Å². The number of allylic oxidation sites excluding steroid dienone is 4. The van der Waals surface area contributed by atoms with Crippen LogP contribution in [-0.4, -0.2) is 9.38 Å². The number of nitrogens with zero attached hydrogens (tertiary/aromatic N) is 2. The SMILES string of the molecule is C/C=C\C=C(/C)c1ccc(-c2c3ccccc3c(-c3ccc4c(c3)c3ccccc3c3nc5ccccc5n43)c3ccccc23)cc1. The van der Waals surface area contributed by atoms with Crippen LogP contribution in [0, 0.1) is 0 Å². The largest absolute Gasteiger partial charge is 0.292 e. The lowest BCUT2D eigenvalue weighted by atomic mass is 9.85. The van der Waals surface area contributed by atoms with Crippen molar-refractivity contribution in [3.63, 3.8) is 0 Å². The van der Waals surface area contributed by atoms with Gasteiger partial charge in [-0.25, -0.2) is 4.98 Å². The number of para-hydroxylation sites is 2. The van der Waals surface area contributed by atoms with E-state index in [2.05, 4.69) is 169 Å². The summed E-state index contributed by atoms with van der Waals surface area (Å²) in [6.45, 7) is 4.22. The molecule has 0 unspecified atom stereocenters. The fourth-order valence-electron chi connectivity index (χ4n) is 7.45. The minimum atomic E-state index is 1.00. The second-order valence-electron chi connectivity index (χ2n) is 12.3. The molecule has 0 spiro atoms. The number of hydrogen-bond acceptors (Lipinski definition) is 1. The zero-order valence-corrected chi connectivity index (χ0v) is 26.4. The van der Waals surface area contributed by atoms with Gasteiger partial charge in [0.1, 0.15) is 5.65 Å². The van der Waals surface area contributed by atoms with E-state index in [1.807, 2.05) is 6.92 Å². The first-order valence-electron chi connectivity index (χ1n) is 16.3. The Labute approximate surface area is 273 Å². The molecular weight excluding hydrogens is 569 g/mol. The van der Waals surface area contributed by atoms with E-state index in [0.717, 1.165) is 22.1 Å². The Kier molecular flexibility index (Phi) is 6.29. The Morgan fingerprint density at radius 1 is 0.532 bits per heavy atom. The van der Waals surface area contributed by atoms with Gasteiger partial charge in [0.05, 0.1) is 16.6 Å². The smallest absolute Gasteiger partial charge is 0.146 e. The van der Waals surface area contributed by atoms with Gasteiger partial charge >= 0.3 is 0 Å². The first kappa shape index (κ1) is 27.3. The Balaban J connectivity index is 1.33. The van der Waals surface area contributed by atoms with Crippen LogP contribution in [0.25, 0.3) is 87.7 Å². The van der Waals surface area contributed by atoms with Crippen LogP contribution in [0.1, 0.15) is 19.4 Å². The van der Waals surface area contributed by atoms with Crippen molar-refractivity contribution in [2.75, 3.05) is 0 Å². The Hall–Kier alpha value is -5.99. The molecule has 2 heterocycles. The van der Waals surface area contributed by atoms with Crippen LogP contribution >= 0.6 is 0 Å². The van der Waals surface area contributed by atoms with E-state index >= 15 is 0 Å². The minimum absolute atomic E-state index is 1.00. The van der Waals surface area contributed by atoms with Crippen LogP contribution in [0.2, 0.25) is 0 Å². The summed E-state index contributed by atoms with van der Waals surface area (Å²) in [7, 11) is 0. The third kappa shape index (κ3) is 4.22. The molecule has 0 N–H and O–H groups in total. The van der Waals surface area contributed by atoms with Gasteiger partial charge in [0.2, 0.25) is 0 Å². The number of pyridine rings is 1. The average Bonchev–Trinajstić information content (AvgIpc) is 3.53. The van der Waals surface area contributed by atoms with E-state index in [9.17, 15) is 0 Å². The molecular formula is C45H32N2. The zero-order chi connectivity index (χ0) is 31.5. The molecule has 0 aliphatic carbocycles. The number of rotatable bonds is 4. The third-order valence-electron chi connectivity index (χ3n) is 9.64. The van der Waals surface area contributed by atoms with Gasteiger partial charge in [-0.3, -0.25) is 4.40 Å². The lowest BCUT2D eigenvalue weighted by molar-refractivity contribution is 1.31. The summed E-state index contributed by atoms with van der Waals surface area (Å²) in [4.78, 5) is 5.08. The Morgan fingerprint density at radius 2 is 1.09 bits per heavy atom. The van der Waals surface area contributed by atoms with Crippen molar-refractivity contribution in [2.24, 2.45) is 0 Å². The molecule has 9 aromatic rings. The lowest BCUT2D eigenvalue weighted by Gasteiger charge is -2.18. The molecule has 47 heavy (non-hydrogen) atoms. The topological polar surface area (TPSA) is 17.3 Å². The maximum Gasteiger partial charge on any atom is 0.146 e. The summed E-state index contributed by atoms with van der Waals surface area (Å²) < 4.78 is 2.33. The molecule has 0 saturated carbocycles. The molecule has 0 amide bonds. The molecule has 2 heteroatoms.